The van der Waals surface area contributed by atoms with Crippen LogP contribution in [0.15, 0.2) is 41.0 Å². The van der Waals surface area contributed by atoms with Gasteiger partial charge in [0.25, 0.3) is 0 Å². The van der Waals surface area contributed by atoms with Crippen LogP contribution in [0.3, 0.4) is 0 Å². The monoisotopic (exact) mass is 285 g/mol. The van der Waals surface area contributed by atoms with E-state index in [9.17, 15) is 4.79 Å². The SMILES string of the molecule is COC(=O)c1ccc(N2CCCCC2)c(-c2ccco2)c1. The number of hydrogen-bond acceptors (Lipinski definition) is 4. The Balaban J connectivity index is 2.04. The number of methoxy groups -OCH3 is 1. The Morgan fingerprint density at radius 2 is 2.00 bits per heavy atom. The van der Waals surface area contributed by atoms with Crippen molar-refractivity contribution in [3.05, 3.63) is 42.2 Å². The number of rotatable bonds is 3. The van der Waals surface area contributed by atoms with Crippen molar-refractivity contribution in [3.63, 3.8) is 0 Å². The Kier molecular flexibility index (Phi) is 3.95. The lowest BCUT2D eigenvalue weighted by Crippen LogP contribution is -2.29. The van der Waals surface area contributed by atoms with Gasteiger partial charge in [0.05, 0.1) is 18.9 Å². The number of anilines is 1. The summed E-state index contributed by atoms with van der Waals surface area (Å²) in [5.74, 6) is 0.453. The summed E-state index contributed by atoms with van der Waals surface area (Å²) in [6, 6.07) is 9.45. The molecule has 0 N–H and O–H groups in total. The van der Waals surface area contributed by atoms with Crippen LogP contribution in [0.5, 0.6) is 0 Å². The molecular weight excluding hydrogens is 266 g/mol. The smallest absolute Gasteiger partial charge is 0.337 e. The predicted molar refractivity (Wildman–Crippen MR) is 81.5 cm³/mol. The molecule has 0 aliphatic carbocycles. The van der Waals surface area contributed by atoms with Gasteiger partial charge in [0.2, 0.25) is 0 Å². The summed E-state index contributed by atoms with van der Waals surface area (Å²) >= 11 is 0. The minimum atomic E-state index is -0.326. The molecule has 2 heterocycles. The number of benzene rings is 1. The quantitative estimate of drug-likeness (QED) is 0.806. The minimum absolute atomic E-state index is 0.326. The van der Waals surface area contributed by atoms with E-state index in [1.165, 1.54) is 26.4 Å². The highest BCUT2D eigenvalue weighted by atomic mass is 16.5. The van der Waals surface area contributed by atoms with E-state index in [0.29, 0.717) is 5.56 Å². The van der Waals surface area contributed by atoms with Crippen molar-refractivity contribution < 1.29 is 13.9 Å². The van der Waals surface area contributed by atoms with Gasteiger partial charge in [-0.3, -0.25) is 0 Å². The zero-order chi connectivity index (χ0) is 14.7. The molecule has 2 aromatic rings. The molecule has 1 aromatic heterocycles. The first kappa shape index (κ1) is 13.7. The third kappa shape index (κ3) is 2.79. The normalized spacial score (nSPS) is 15.0. The Bertz CT molecular complexity index is 613. The van der Waals surface area contributed by atoms with Gasteiger partial charge in [-0.15, -0.1) is 0 Å². The molecule has 0 atom stereocenters. The molecule has 0 bridgehead atoms. The largest absolute Gasteiger partial charge is 0.465 e. The van der Waals surface area contributed by atoms with Gasteiger partial charge >= 0.3 is 5.97 Å². The van der Waals surface area contributed by atoms with Gasteiger partial charge in [0.15, 0.2) is 0 Å². The number of carbonyl (C=O) groups is 1. The molecule has 110 valence electrons. The fourth-order valence-electron chi connectivity index (χ4n) is 2.82. The fourth-order valence-corrected chi connectivity index (χ4v) is 2.82. The Morgan fingerprint density at radius 1 is 1.19 bits per heavy atom. The van der Waals surface area contributed by atoms with Crippen LogP contribution in [0.1, 0.15) is 29.6 Å². The molecule has 0 radical (unpaired) electrons. The summed E-state index contributed by atoms with van der Waals surface area (Å²) < 4.78 is 10.4. The van der Waals surface area contributed by atoms with Gasteiger partial charge in [-0.25, -0.2) is 4.79 Å². The molecular formula is C17H19NO3. The topological polar surface area (TPSA) is 42.7 Å². The van der Waals surface area contributed by atoms with Crippen molar-refractivity contribution in [2.24, 2.45) is 0 Å². The maximum atomic E-state index is 11.8. The van der Waals surface area contributed by atoms with E-state index in [4.69, 9.17) is 9.15 Å². The first-order chi connectivity index (χ1) is 10.3. The fraction of sp³-hybridized carbons (Fsp3) is 0.353. The van der Waals surface area contributed by atoms with Gasteiger partial charge in [0, 0.05) is 24.3 Å². The number of furan rings is 1. The highest BCUT2D eigenvalue weighted by molar-refractivity contribution is 5.93. The van der Waals surface area contributed by atoms with E-state index in [1.807, 2.05) is 30.3 Å². The number of piperidine rings is 1. The lowest BCUT2D eigenvalue weighted by Gasteiger charge is -2.30. The third-order valence-electron chi connectivity index (χ3n) is 3.90. The Labute approximate surface area is 124 Å². The highest BCUT2D eigenvalue weighted by Crippen LogP contribution is 2.34. The number of ether oxygens (including phenoxy) is 1. The molecule has 0 amide bonds. The molecule has 1 aliphatic rings. The number of hydrogen-bond donors (Lipinski definition) is 0. The van der Waals surface area contributed by atoms with E-state index in [0.717, 1.165) is 30.1 Å². The maximum Gasteiger partial charge on any atom is 0.337 e. The average molecular weight is 285 g/mol. The zero-order valence-electron chi connectivity index (χ0n) is 12.2. The van der Waals surface area contributed by atoms with Gasteiger partial charge in [-0.05, 0) is 49.6 Å². The van der Waals surface area contributed by atoms with Crippen molar-refractivity contribution in [2.45, 2.75) is 19.3 Å². The maximum absolute atomic E-state index is 11.8. The second-order valence-corrected chi connectivity index (χ2v) is 5.25. The Morgan fingerprint density at radius 3 is 2.67 bits per heavy atom. The molecule has 21 heavy (non-hydrogen) atoms. The third-order valence-corrected chi connectivity index (χ3v) is 3.90. The van der Waals surface area contributed by atoms with Gasteiger partial charge in [-0.2, -0.15) is 0 Å². The van der Waals surface area contributed by atoms with Crippen molar-refractivity contribution in [3.8, 4) is 11.3 Å². The van der Waals surface area contributed by atoms with Crippen LogP contribution >= 0.6 is 0 Å². The van der Waals surface area contributed by atoms with E-state index in [-0.39, 0.29) is 5.97 Å². The number of nitrogens with zero attached hydrogens (tertiary/aromatic N) is 1. The van der Waals surface area contributed by atoms with Crippen LogP contribution in [0, 0.1) is 0 Å². The van der Waals surface area contributed by atoms with Crippen LogP contribution < -0.4 is 4.90 Å². The van der Waals surface area contributed by atoms with Crippen LogP contribution in [-0.2, 0) is 4.74 Å². The highest BCUT2D eigenvalue weighted by Gasteiger charge is 2.19. The van der Waals surface area contributed by atoms with Crippen LogP contribution in [-0.4, -0.2) is 26.2 Å². The molecule has 0 saturated carbocycles. The van der Waals surface area contributed by atoms with Crippen molar-refractivity contribution in [2.75, 3.05) is 25.1 Å². The van der Waals surface area contributed by atoms with Gasteiger partial charge in [0.1, 0.15) is 5.76 Å². The van der Waals surface area contributed by atoms with Gasteiger partial charge in [-0.1, -0.05) is 0 Å². The summed E-state index contributed by atoms with van der Waals surface area (Å²) in [6.07, 6.45) is 5.35. The summed E-state index contributed by atoms with van der Waals surface area (Å²) in [7, 11) is 1.40. The lowest BCUT2D eigenvalue weighted by atomic mass is 10.0. The van der Waals surface area contributed by atoms with Crippen molar-refractivity contribution in [1.82, 2.24) is 0 Å². The molecule has 1 aliphatic heterocycles. The van der Waals surface area contributed by atoms with E-state index < -0.39 is 0 Å². The molecule has 1 fully saturated rings. The molecule has 4 heteroatoms. The number of carbonyl (C=O) groups excluding carboxylic acids is 1. The second-order valence-electron chi connectivity index (χ2n) is 5.25. The van der Waals surface area contributed by atoms with E-state index in [1.54, 1.807) is 6.26 Å². The van der Waals surface area contributed by atoms with Gasteiger partial charge < -0.3 is 14.1 Å². The van der Waals surface area contributed by atoms with Crippen molar-refractivity contribution in [1.29, 1.82) is 0 Å². The Hall–Kier alpha value is -2.23. The van der Waals surface area contributed by atoms with Crippen LogP contribution in [0.25, 0.3) is 11.3 Å². The first-order valence-corrected chi connectivity index (χ1v) is 7.31. The minimum Gasteiger partial charge on any atom is -0.465 e. The van der Waals surface area contributed by atoms with Crippen molar-refractivity contribution >= 4 is 11.7 Å². The van der Waals surface area contributed by atoms with E-state index >= 15 is 0 Å². The molecule has 1 aromatic carbocycles. The lowest BCUT2D eigenvalue weighted by molar-refractivity contribution is 0.0601. The summed E-state index contributed by atoms with van der Waals surface area (Å²) in [5, 5.41) is 0. The second kappa shape index (κ2) is 6.04. The van der Waals surface area contributed by atoms with Crippen LogP contribution in [0.4, 0.5) is 5.69 Å². The summed E-state index contributed by atoms with van der Waals surface area (Å²) in [6.45, 7) is 2.09. The standard InChI is InChI=1S/C17H19NO3/c1-20-17(19)13-7-8-15(18-9-3-2-4-10-18)14(12-13)16-6-5-11-21-16/h5-8,11-12H,2-4,9-10H2,1H3. The summed E-state index contributed by atoms with van der Waals surface area (Å²) in [4.78, 5) is 14.1. The zero-order valence-corrected chi connectivity index (χ0v) is 12.2. The summed E-state index contributed by atoms with van der Waals surface area (Å²) in [5.41, 5.74) is 2.62. The average Bonchev–Trinajstić information content (AvgIpc) is 3.09. The number of esters is 1. The molecule has 0 unspecified atom stereocenters. The molecule has 0 spiro atoms. The molecule has 1 saturated heterocycles. The van der Waals surface area contributed by atoms with E-state index in [2.05, 4.69) is 4.90 Å². The first-order valence-electron chi connectivity index (χ1n) is 7.31. The van der Waals surface area contributed by atoms with Crippen LogP contribution in [0.2, 0.25) is 0 Å². The molecule has 3 rings (SSSR count). The predicted octanol–water partition coefficient (Wildman–Crippen LogP) is 3.72. The molecule has 4 nitrogen and oxygen atoms in total.